The molecule has 0 aliphatic heterocycles. The van der Waals surface area contributed by atoms with Crippen LogP contribution in [0.1, 0.15) is 5.56 Å². The molecule has 0 fully saturated rings. The standard InChI is InChI=1S/C26H25F3N4O2Si/c1-36(2,3)7-6-34-15-33-14-20(17-8-16(13-30)9-18(27)10-17)24-23(4-5-32-26(24)33)35-25-21(28)11-19(31)12-22(25)29/h4-5,8-12,14H,6-7,15,31H2,1-3H3. The van der Waals surface area contributed by atoms with Gasteiger partial charge in [-0.3, -0.25) is 0 Å². The molecule has 2 heterocycles. The molecule has 2 aromatic heterocycles. The number of anilines is 1. The first kappa shape index (κ1) is 25.3. The lowest BCUT2D eigenvalue weighted by molar-refractivity contribution is 0.0899. The minimum Gasteiger partial charge on any atom is -0.450 e. The zero-order chi connectivity index (χ0) is 26.0. The summed E-state index contributed by atoms with van der Waals surface area (Å²) in [5.74, 6) is -3.06. The van der Waals surface area contributed by atoms with Gasteiger partial charge in [0, 0.05) is 50.5 Å². The highest BCUT2D eigenvalue weighted by Crippen LogP contribution is 2.40. The van der Waals surface area contributed by atoms with Gasteiger partial charge in [-0.15, -0.1) is 0 Å². The van der Waals surface area contributed by atoms with Gasteiger partial charge in [-0.25, -0.2) is 18.2 Å². The first-order chi connectivity index (χ1) is 17.1. The average Bonchev–Trinajstić information content (AvgIpc) is 3.17. The fraction of sp³-hybridized carbons (Fsp3) is 0.231. The Balaban J connectivity index is 1.83. The Hall–Kier alpha value is -3.81. The number of nitriles is 1. The van der Waals surface area contributed by atoms with Gasteiger partial charge in [0.2, 0.25) is 0 Å². The van der Waals surface area contributed by atoms with Crippen molar-refractivity contribution < 1.29 is 22.6 Å². The summed E-state index contributed by atoms with van der Waals surface area (Å²) in [6.07, 6.45) is 3.14. The van der Waals surface area contributed by atoms with Gasteiger partial charge in [0.1, 0.15) is 23.9 Å². The molecule has 186 valence electrons. The number of halogens is 3. The van der Waals surface area contributed by atoms with Crippen LogP contribution in [0, 0.1) is 28.8 Å². The van der Waals surface area contributed by atoms with Gasteiger partial charge in [-0.05, 0) is 35.9 Å². The van der Waals surface area contributed by atoms with Crippen LogP contribution in [-0.2, 0) is 11.5 Å². The third-order valence-corrected chi connectivity index (χ3v) is 7.22. The minimum absolute atomic E-state index is 0.0803. The van der Waals surface area contributed by atoms with Crippen LogP contribution in [0.25, 0.3) is 22.2 Å². The Kier molecular flexibility index (Phi) is 7.06. The van der Waals surface area contributed by atoms with E-state index in [1.807, 2.05) is 6.07 Å². The van der Waals surface area contributed by atoms with Crippen LogP contribution in [0.15, 0.2) is 48.8 Å². The molecule has 0 unspecified atom stereocenters. The van der Waals surface area contributed by atoms with E-state index in [4.69, 9.17) is 15.2 Å². The van der Waals surface area contributed by atoms with Gasteiger partial charge < -0.3 is 19.8 Å². The molecule has 2 N–H and O–H groups in total. The highest BCUT2D eigenvalue weighted by molar-refractivity contribution is 6.76. The highest BCUT2D eigenvalue weighted by Gasteiger charge is 2.21. The van der Waals surface area contributed by atoms with E-state index in [1.54, 1.807) is 10.8 Å². The van der Waals surface area contributed by atoms with Crippen molar-refractivity contribution in [3.05, 3.63) is 71.8 Å². The van der Waals surface area contributed by atoms with E-state index in [2.05, 4.69) is 24.6 Å². The Morgan fingerprint density at radius 3 is 2.47 bits per heavy atom. The maximum absolute atomic E-state index is 14.5. The van der Waals surface area contributed by atoms with Crippen molar-refractivity contribution in [1.82, 2.24) is 9.55 Å². The zero-order valence-electron chi connectivity index (χ0n) is 20.1. The lowest BCUT2D eigenvalue weighted by Gasteiger charge is -2.15. The van der Waals surface area contributed by atoms with E-state index in [1.165, 1.54) is 24.4 Å². The van der Waals surface area contributed by atoms with Crippen LogP contribution in [0.3, 0.4) is 0 Å². The molecule has 6 nitrogen and oxygen atoms in total. The second-order valence-electron chi connectivity index (χ2n) is 9.62. The predicted octanol–water partition coefficient (Wildman–Crippen LogP) is 6.68. The van der Waals surface area contributed by atoms with E-state index in [0.717, 1.165) is 24.2 Å². The Bertz CT molecular complexity index is 1450. The Labute approximate surface area is 207 Å². The molecule has 4 aromatic rings. The van der Waals surface area contributed by atoms with Crippen LogP contribution in [0.5, 0.6) is 11.5 Å². The summed E-state index contributed by atoms with van der Waals surface area (Å²) in [5, 5.41) is 9.71. The topological polar surface area (TPSA) is 86.1 Å². The van der Waals surface area contributed by atoms with Crippen molar-refractivity contribution in [1.29, 1.82) is 5.26 Å². The molecule has 0 aliphatic rings. The van der Waals surface area contributed by atoms with Gasteiger partial charge >= 0.3 is 0 Å². The molecule has 0 saturated carbocycles. The number of hydrogen-bond donors (Lipinski definition) is 1. The molecule has 0 aliphatic carbocycles. The number of nitrogens with zero attached hydrogens (tertiary/aromatic N) is 3. The second-order valence-corrected chi connectivity index (χ2v) is 15.2. The van der Waals surface area contributed by atoms with E-state index in [0.29, 0.717) is 28.8 Å². The third kappa shape index (κ3) is 5.53. The van der Waals surface area contributed by atoms with Crippen LogP contribution >= 0.6 is 0 Å². The van der Waals surface area contributed by atoms with E-state index >= 15 is 0 Å². The van der Waals surface area contributed by atoms with Gasteiger partial charge in [0.05, 0.1) is 17.0 Å². The third-order valence-electron chi connectivity index (χ3n) is 5.52. The average molecular weight is 511 g/mol. The first-order valence-corrected chi connectivity index (χ1v) is 15.0. The van der Waals surface area contributed by atoms with Gasteiger partial charge in [-0.1, -0.05) is 19.6 Å². The number of rotatable bonds is 8. The van der Waals surface area contributed by atoms with E-state index in [9.17, 15) is 18.4 Å². The predicted molar refractivity (Wildman–Crippen MR) is 135 cm³/mol. The van der Waals surface area contributed by atoms with E-state index in [-0.39, 0.29) is 23.7 Å². The molecule has 0 atom stereocenters. The molecule has 0 spiro atoms. The normalized spacial score (nSPS) is 11.6. The summed E-state index contributed by atoms with van der Waals surface area (Å²) in [6, 6.07) is 10.2. The number of fused-ring (bicyclic) bond motifs is 1. The van der Waals surface area contributed by atoms with Crippen LogP contribution in [-0.4, -0.2) is 24.2 Å². The molecule has 0 radical (unpaired) electrons. The zero-order valence-corrected chi connectivity index (χ0v) is 21.1. The molecule has 2 aromatic carbocycles. The van der Waals surface area contributed by atoms with Gasteiger partial charge in [0.25, 0.3) is 0 Å². The monoisotopic (exact) mass is 510 g/mol. The van der Waals surface area contributed by atoms with Crippen molar-refractivity contribution in [3.8, 4) is 28.7 Å². The summed E-state index contributed by atoms with van der Waals surface area (Å²) in [5.41, 5.74) is 6.83. The summed E-state index contributed by atoms with van der Waals surface area (Å²) in [7, 11) is -1.30. The number of hydrogen-bond acceptors (Lipinski definition) is 5. The second kappa shape index (κ2) is 10.0. The fourth-order valence-corrected chi connectivity index (χ4v) is 4.48. The lowest BCUT2D eigenvalue weighted by Crippen LogP contribution is -2.22. The van der Waals surface area contributed by atoms with Crippen molar-refractivity contribution in [2.24, 2.45) is 0 Å². The number of ether oxygens (including phenoxy) is 2. The Morgan fingerprint density at radius 2 is 1.81 bits per heavy atom. The lowest BCUT2D eigenvalue weighted by atomic mass is 10.0. The summed E-state index contributed by atoms with van der Waals surface area (Å²) in [4.78, 5) is 4.43. The largest absolute Gasteiger partial charge is 0.450 e. The highest BCUT2D eigenvalue weighted by atomic mass is 28.3. The van der Waals surface area contributed by atoms with Crippen LogP contribution in [0.2, 0.25) is 25.7 Å². The van der Waals surface area contributed by atoms with Crippen molar-refractivity contribution in [2.45, 2.75) is 32.4 Å². The smallest absolute Gasteiger partial charge is 0.198 e. The first-order valence-electron chi connectivity index (χ1n) is 11.2. The molecule has 4 rings (SSSR count). The summed E-state index contributed by atoms with van der Waals surface area (Å²) < 4.78 is 56.6. The molecule has 0 saturated heterocycles. The van der Waals surface area contributed by atoms with Gasteiger partial charge in [0.15, 0.2) is 17.4 Å². The number of benzene rings is 2. The number of aromatic nitrogens is 2. The Morgan fingerprint density at radius 1 is 1.08 bits per heavy atom. The SMILES string of the molecule is C[Si](C)(C)CCOCn1cc(-c2cc(F)cc(C#N)c2)c2c(Oc3c(F)cc(N)cc3F)ccnc21. The van der Waals surface area contributed by atoms with Crippen LogP contribution < -0.4 is 10.5 Å². The number of nitrogen functional groups attached to an aromatic ring is 1. The summed E-state index contributed by atoms with van der Waals surface area (Å²) >= 11 is 0. The number of pyridine rings is 1. The molecule has 0 amide bonds. The maximum atomic E-state index is 14.5. The molecular weight excluding hydrogens is 485 g/mol. The fourth-order valence-electron chi connectivity index (χ4n) is 3.73. The van der Waals surface area contributed by atoms with Crippen LogP contribution in [0.4, 0.5) is 18.9 Å². The van der Waals surface area contributed by atoms with Crippen molar-refractivity contribution >= 4 is 24.8 Å². The molecular formula is C26H25F3N4O2Si. The molecule has 0 bridgehead atoms. The maximum Gasteiger partial charge on any atom is 0.198 e. The molecule has 10 heteroatoms. The number of nitrogens with two attached hydrogens (primary N) is 1. The van der Waals surface area contributed by atoms with Gasteiger partial charge in [-0.2, -0.15) is 5.26 Å². The quantitative estimate of drug-likeness (QED) is 0.162. The van der Waals surface area contributed by atoms with Crippen molar-refractivity contribution in [3.63, 3.8) is 0 Å². The minimum atomic E-state index is -1.30. The van der Waals surface area contributed by atoms with Crippen molar-refractivity contribution in [2.75, 3.05) is 12.3 Å². The molecule has 36 heavy (non-hydrogen) atoms. The van der Waals surface area contributed by atoms with E-state index < -0.39 is 31.3 Å². The summed E-state index contributed by atoms with van der Waals surface area (Å²) in [6.45, 7) is 7.45.